The van der Waals surface area contributed by atoms with Crippen molar-refractivity contribution in [2.75, 3.05) is 18.9 Å². The summed E-state index contributed by atoms with van der Waals surface area (Å²) in [6.45, 7) is 2.03. The molecule has 2 heterocycles. The molecule has 0 aliphatic carbocycles. The summed E-state index contributed by atoms with van der Waals surface area (Å²) in [5, 5.41) is 4.07. The highest BCUT2D eigenvalue weighted by molar-refractivity contribution is 5.30. The molecule has 0 atom stereocenters. The molecule has 0 fully saturated rings. The Morgan fingerprint density at radius 2 is 2.24 bits per heavy atom. The van der Waals surface area contributed by atoms with Crippen molar-refractivity contribution < 1.29 is 4.74 Å². The highest BCUT2D eigenvalue weighted by atomic mass is 16.5. The number of nitrogens with two attached hydrogens (primary N) is 1. The quantitative estimate of drug-likeness (QED) is 0.758. The van der Waals surface area contributed by atoms with E-state index < -0.39 is 0 Å². The van der Waals surface area contributed by atoms with Crippen molar-refractivity contribution >= 4 is 5.69 Å². The van der Waals surface area contributed by atoms with Crippen molar-refractivity contribution in [3.63, 3.8) is 0 Å². The van der Waals surface area contributed by atoms with E-state index in [9.17, 15) is 0 Å². The van der Waals surface area contributed by atoms with E-state index in [4.69, 9.17) is 10.5 Å². The fraction of sp³-hybridized carbons (Fsp3) is 0.333. The highest BCUT2D eigenvalue weighted by Crippen LogP contribution is 1.98. The van der Waals surface area contributed by atoms with Gasteiger partial charge in [0.1, 0.15) is 0 Å². The molecule has 0 aliphatic heterocycles. The first-order chi connectivity index (χ1) is 8.34. The van der Waals surface area contributed by atoms with Crippen LogP contribution in [-0.2, 0) is 17.7 Å². The third kappa shape index (κ3) is 3.88. The predicted molar refractivity (Wildman–Crippen MR) is 65.4 cm³/mol. The highest BCUT2D eigenvalue weighted by Gasteiger charge is 1.96. The molecule has 0 aromatic carbocycles. The lowest BCUT2D eigenvalue weighted by Crippen LogP contribution is -2.08. The lowest BCUT2D eigenvalue weighted by Gasteiger charge is -2.04. The van der Waals surface area contributed by atoms with Crippen molar-refractivity contribution in [1.29, 1.82) is 0 Å². The number of hydrogen-bond donors (Lipinski definition) is 1. The Bertz CT molecular complexity index is 441. The number of rotatable bonds is 6. The third-order valence-electron chi connectivity index (χ3n) is 2.35. The molecule has 2 aromatic heterocycles. The van der Waals surface area contributed by atoms with Gasteiger partial charge in [-0.2, -0.15) is 5.10 Å². The topological polar surface area (TPSA) is 66.0 Å². The first kappa shape index (κ1) is 11.6. The van der Waals surface area contributed by atoms with E-state index in [1.807, 2.05) is 18.2 Å². The summed E-state index contributed by atoms with van der Waals surface area (Å²) >= 11 is 0. The molecule has 0 spiro atoms. The van der Waals surface area contributed by atoms with Gasteiger partial charge in [0, 0.05) is 24.5 Å². The van der Waals surface area contributed by atoms with E-state index in [1.165, 1.54) is 0 Å². The predicted octanol–water partition coefficient (Wildman–Crippen LogP) is 1.12. The van der Waals surface area contributed by atoms with E-state index in [0.717, 1.165) is 18.7 Å². The smallest absolute Gasteiger partial charge is 0.0719 e. The van der Waals surface area contributed by atoms with Crippen LogP contribution in [0.5, 0.6) is 0 Å². The largest absolute Gasteiger partial charge is 0.396 e. The van der Waals surface area contributed by atoms with Crippen LogP contribution in [0.25, 0.3) is 0 Å². The van der Waals surface area contributed by atoms with Crippen molar-refractivity contribution in [3.05, 3.63) is 42.5 Å². The Hall–Kier alpha value is -1.88. The number of hydrogen-bond acceptors (Lipinski definition) is 4. The van der Waals surface area contributed by atoms with Crippen LogP contribution in [0.2, 0.25) is 0 Å². The molecule has 2 aromatic rings. The maximum absolute atomic E-state index is 5.55. The van der Waals surface area contributed by atoms with E-state index in [1.54, 1.807) is 23.3 Å². The first-order valence-electron chi connectivity index (χ1n) is 5.60. The summed E-state index contributed by atoms with van der Waals surface area (Å²) in [7, 11) is 0. The van der Waals surface area contributed by atoms with Crippen LogP contribution < -0.4 is 5.73 Å². The lowest BCUT2D eigenvalue weighted by molar-refractivity contribution is 0.126. The minimum absolute atomic E-state index is 0.633. The average molecular weight is 232 g/mol. The normalized spacial score (nSPS) is 10.6. The maximum atomic E-state index is 5.55. The molecule has 17 heavy (non-hydrogen) atoms. The zero-order valence-electron chi connectivity index (χ0n) is 9.62. The number of aromatic nitrogens is 3. The van der Waals surface area contributed by atoms with Gasteiger partial charge in [0.2, 0.25) is 0 Å². The number of pyridine rings is 1. The molecule has 0 unspecified atom stereocenters. The fourth-order valence-corrected chi connectivity index (χ4v) is 1.48. The van der Waals surface area contributed by atoms with Crippen LogP contribution in [-0.4, -0.2) is 28.0 Å². The minimum atomic E-state index is 0.633. The molecule has 5 heteroatoms. The van der Waals surface area contributed by atoms with Crippen LogP contribution in [0.15, 0.2) is 36.8 Å². The molecule has 0 bridgehead atoms. The molecule has 0 saturated heterocycles. The number of nitrogens with zero attached hydrogens (tertiary/aromatic N) is 3. The Balaban J connectivity index is 1.61. The summed E-state index contributed by atoms with van der Waals surface area (Å²) in [6.07, 6.45) is 6.06. The van der Waals surface area contributed by atoms with Gasteiger partial charge in [0.15, 0.2) is 0 Å². The van der Waals surface area contributed by atoms with Crippen LogP contribution in [0.1, 0.15) is 5.69 Å². The molecule has 0 aliphatic rings. The van der Waals surface area contributed by atoms with Crippen molar-refractivity contribution in [2.24, 2.45) is 0 Å². The zero-order valence-corrected chi connectivity index (χ0v) is 9.62. The second-order valence-corrected chi connectivity index (χ2v) is 3.72. The molecule has 0 saturated carbocycles. The molecule has 2 rings (SSSR count). The van der Waals surface area contributed by atoms with Crippen molar-refractivity contribution in [3.8, 4) is 0 Å². The summed E-state index contributed by atoms with van der Waals surface area (Å²) in [5.74, 6) is 0. The zero-order chi connectivity index (χ0) is 11.9. The Morgan fingerprint density at radius 3 is 2.94 bits per heavy atom. The van der Waals surface area contributed by atoms with Gasteiger partial charge in [0.25, 0.3) is 0 Å². The first-order valence-corrected chi connectivity index (χ1v) is 5.60. The number of anilines is 1. The standard InChI is InChI=1S/C12H16N4O/c13-11-9-15-16(10-11)6-8-17-7-4-12-3-1-2-5-14-12/h1-3,5,9-10H,4,6-8,13H2. The van der Waals surface area contributed by atoms with Gasteiger partial charge in [-0.3, -0.25) is 9.67 Å². The van der Waals surface area contributed by atoms with Crippen LogP contribution >= 0.6 is 0 Å². The van der Waals surface area contributed by atoms with Crippen molar-refractivity contribution in [1.82, 2.24) is 14.8 Å². The van der Waals surface area contributed by atoms with Crippen LogP contribution in [0.3, 0.4) is 0 Å². The van der Waals surface area contributed by atoms with E-state index in [0.29, 0.717) is 18.9 Å². The average Bonchev–Trinajstić information content (AvgIpc) is 2.76. The number of ether oxygens (including phenoxy) is 1. The molecule has 0 amide bonds. The minimum Gasteiger partial charge on any atom is -0.396 e. The molecule has 0 radical (unpaired) electrons. The molecular weight excluding hydrogens is 216 g/mol. The SMILES string of the molecule is Nc1cnn(CCOCCc2ccccn2)c1. The fourth-order valence-electron chi connectivity index (χ4n) is 1.48. The lowest BCUT2D eigenvalue weighted by atomic mass is 10.3. The van der Waals surface area contributed by atoms with Gasteiger partial charge in [0.05, 0.1) is 31.6 Å². The van der Waals surface area contributed by atoms with E-state index in [-0.39, 0.29) is 0 Å². The Morgan fingerprint density at radius 1 is 1.29 bits per heavy atom. The van der Waals surface area contributed by atoms with Crippen molar-refractivity contribution in [2.45, 2.75) is 13.0 Å². The molecular formula is C12H16N4O. The van der Waals surface area contributed by atoms with E-state index >= 15 is 0 Å². The van der Waals surface area contributed by atoms with Gasteiger partial charge in [-0.05, 0) is 12.1 Å². The van der Waals surface area contributed by atoms with Gasteiger partial charge in [-0.25, -0.2) is 0 Å². The second-order valence-electron chi connectivity index (χ2n) is 3.72. The Kier molecular flexibility index (Phi) is 4.10. The van der Waals surface area contributed by atoms with Crippen LogP contribution in [0.4, 0.5) is 5.69 Å². The van der Waals surface area contributed by atoms with Crippen LogP contribution in [0, 0.1) is 0 Å². The Labute approximate surface area is 100 Å². The number of nitrogen functional groups attached to an aromatic ring is 1. The van der Waals surface area contributed by atoms with Gasteiger partial charge in [-0.1, -0.05) is 6.07 Å². The molecule has 5 nitrogen and oxygen atoms in total. The summed E-state index contributed by atoms with van der Waals surface area (Å²) in [5.41, 5.74) is 7.28. The maximum Gasteiger partial charge on any atom is 0.0719 e. The summed E-state index contributed by atoms with van der Waals surface area (Å²) in [4.78, 5) is 4.22. The molecule has 2 N–H and O–H groups in total. The third-order valence-corrected chi connectivity index (χ3v) is 2.35. The van der Waals surface area contributed by atoms with Gasteiger partial charge in [-0.15, -0.1) is 0 Å². The van der Waals surface area contributed by atoms with Gasteiger partial charge >= 0.3 is 0 Å². The van der Waals surface area contributed by atoms with Gasteiger partial charge < -0.3 is 10.5 Å². The molecule has 90 valence electrons. The monoisotopic (exact) mass is 232 g/mol. The second kappa shape index (κ2) is 6.00. The summed E-state index contributed by atoms with van der Waals surface area (Å²) in [6, 6.07) is 5.89. The van der Waals surface area contributed by atoms with E-state index in [2.05, 4.69) is 10.1 Å². The summed E-state index contributed by atoms with van der Waals surface area (Å²) < 4.78 is 7.28.